The Morgan fingerprint density at radius 2 is 2.08 bits per heavy atom. The second kappa shape index (κ2) is 8.08. The van der Waals surface area contributed by atoms with Gasteiger partial charge in [0.2, 0.25) is 0 Å². The Bertz CT molecular complexity index is 879. The molecule has 4 rings (SSSR count). The summed E-state index contributed by atoms with van der Waals surface area (Å²) in [7, 11) is 1.74. The molecule has 1 N–H and O–H groups in total. The highest BCUT2D eigenvalue weighted by atomic mass is 35.5. The van der Waals surface area contributed by atoms with E-state index in [1.807, 2.05) is 18.3 Å². The molecule has 1 aliphatic heterocycles. The number of pyridine rings is 1. The molecule has 2 aromatic heterocycles. The van der Waals surface area contributed by atoms with Crippen molar-refractivity contribution in [3.8, 4) is 5.75 Å². The number of hydrogen-bond donors (Lipinski definition) is 1. The fourth-order valence-corrected chi connectivity index (χ4v) is 3.71. The maximum Gasteiger partial charge on any atom is 0.139 e. The van der Waals surface area contributed by atoms with Crippen LogP contribution in [0.5, 0.6) is 5.75 Å². The monoisotopic (exact) mass is 372 g/mol. The van der Waals surface area contributed by atoms with Gasteiger partial charge in [0.15, 0.2) is 0 Å². The summed E-state index contributed by atoms with van der Waals surface area (Å²) in [5.41, 5.74) is 4.71. The van der Waals surface area contributed by atoms with Gasteiger partial charge in [-0.1, -0.05) is 24.3 Å². The molecule has 5 nitrogen and oxygen atoms in total. The maximum absolute atomic E-state index is 5.60. The Kier molecular flexibility index (Phi) is 5.81. The number of aromatic nitrogens is 2. The molecule has 1 aromatic carbocycles. The second-order valence-electron chi connectivity index (χ2n) is 6.57. The van der Waals surface area contributed by atoms with E-state index in [1.165, 1.54) is 16.8 Å². The predicted octanol–water partition coefficient (Wildman–Crippen LogP) is 3.22. The van der Waals surface area contributed by atoms with Gasteiger partial charge >= 0.3 is 0 Å². The van der Waals surface area contributed by atoms with E-state index >= 15 is 0 Å². The number of ether oxygens (including phenoxy) is 1. The number of methoxy groups -OCH3 is 1. The van der Waals surface area contributed by atoms with Gasteiger partial charge in [0.1, 0.15) is 11.4 Å². The predicted molar refractivity (Wildman–Crippen MR) is 106 cm³/mol. The van der Waals surface area contributed by atoms with E-state index in [0.29, 0.717) is 6.04 Å². The van der Waals surface area contributed by atoms with Crippen LogP contribution in [0, 0.1) is 6.92 Å². The minimum atomic E-state index is 0. The molecule has 6 heteroatoms. The van der Waals surface area contributed by atoms with Gasteiger partial charge in [0.25, 0.3) is 0 Å². The molecule has 0 amide bonds. The maximum atomic E-state index is 5.60. The van der Waals surface area contributed by atoms with Gasteiger partial charge in [-0.05, 0) is 24.6 Å². The van der Waals surface area contributed by atoms with Crippen molar-refractivity contribution in [1.82, 2.24) is 19.6 Å². The Labute approximate surface area is 160 Å². The zero-order valence-electron chi connectivity index (χ0n) is 15.2. The van der Waals surface area contributed by atoms with Crippen LogP contribution in [0.15, 0.2) is 48.8 Å². The first kappa shape index (κ1) is 18.7. The number of nitrogens with zero attached hydrogens (tertiary/aromatic N) is 3. The largest absolute Gasteiger partial charge is 0.496 e. The van der Waals surface area contributed by atoms with Crippen molar-refractivity contribution >= 4 is 18.1 Å². The van der Waals surface area contributed by atoms with Gasteiger partial charge in [0.05, 0.1) is 25.0 Å². The topological polar surface area (TPSA) is 41.8 Å². The Balaban J connectivity index is 0.00000196. The smallest absolute Gasteiger partial charge is 0.139 e. The molecule has 1 unspecified atom stereocenters. The summed E-state index contributed by atoms with van der Waals surface area (Å²) < 4.78 is 7.80. The third kappa shape index (κ3) is 3.43. The van der Waals surface area contributed by atoms with Crippen molar-refractivity contribution in [3.05, 3.63) is 65.6 Å². The molecule has 26 heavy (non-hydrogen) atoms. The van der Waals surface area contributed by atoms with Crippen molar-refractivity contribution < 1.29 is 4.74 Å². The molecular weight excluding hydrogens is 348 g/mol. The summed E-state index contributed by atoms with van der Waals surface area (Å²) in [4.78, 5) is 7.13. The van der Waals surface area contributed by atoms with E-state index in [4.69, 9.17) is 4.74 Å². The Morgan fingerprint density at radius 3 is 2.92 bits per heavy atom. The third-order valence-corrected chi connectivity index (χ3v) is 5.02. The summed E-state index contributed by atoms with van der Waals surface area (Å²) >= 11 is 0. The SMILES string of the molecule is COc1ccccc1C1CNCCN1Cc1cnc2c(C)cccn12.Cl. The van der Waals surface area contributed by atoms with Crippen LogP contribution in [0.25, 0.3) is 5.65 Å². The van der Waals surface area contributed by atoms with Gasteiger partial charge in [-0.3, -0.25) is 4.90 Å². The summed E-state index contributed by atoms with van der Waals surface area (Å²) in [6.45, 7) is 5.91. The zero-order valence-corrected chi connectivity index (χ0v) is 16.0. The molecule has 138 valence electrons. The Hall–Kier alpha value is -2.08. The number of hydrogen-bond acceptors (Lipinski definition) is 4. The van der Waals surface area contributed by atoms with Crippen LogP contribution in [0.4, 0.5) is 0 Å². The molecule has 1 aliphatic rings. The lowest BCUT2D eigenvalue weighted by Crippen LogP contribution is -2.45. The number of nitrogens with one attached hydrogen (secondary N) is 1. The molecule has 0 spiro atoms. The second-order valence-corrected chi connectivity index (χ2v) is 6.57. The lowest BCUT2D eigenvalue weighted by molar-refractivity contribution is 0.149. The molecule has 3 aromatic rings. The van der Waals surface area contributed by atoms with E-state index in [1.54, 1.807) is 7.11 Å². The number of benzene rings is 1. The standard InChI is InChI=1S/C20H24N4O.ClH/c1-15-6-5-10-24-16(12-22-20(15)24)14-23-11-9-21-13-18(23)17-7-3-4-8-19(17)25-2;/h3-8,10,12,18,21H,9,11,13-14H2,1-2H3;1H. The van der Waals surface area contributed by atoms with E-state index in [9.17, 15) is 0 Å². The van der Waals surface area contributed by atoms with Crippen molar-refractivity contribution in [3.63, 3.8) is 0 Å². The highest BCUT2D eigenvalue weighted by Gasteiger charge is 2.26. The van der Waals surface area contributed by atoms with E-state index in [2.05, 4.69) is 57.0 Å². The van der Waals surface area contributed by atoms with E-state index in [0.717, 1.165) is 37.6 Å². The number of piperazine rings is 1. The van der Waals surface area contributed by atoms with Gasteiger partial charge in [-0.25, -0.2) is 4.98 Å². The van der Waals surface area contributed by atoms with Crippen LogP contribution < -0.4 is 10.1 Å². The summed E-state index contributed by atoms with van der Waals surface area (Å²) in [6, 6.07) is 12.8. The molecule has 0 aliphatic carbocycles. The molecule has 1 fully saturated rings. The average Bonchev–Trinajstić information content (AvgIpc) is 3.06. The molecule has 3 heterocycles. The van der Waals surface area contributed by atoms with Crippen LogP contribution >= 0.6 is 12.4 Å². The first-order valence-electron chi connectivity index (χ1n) is 8.77. The first-order valence-corrected chi connectivity index (χ1v) is 8.77. The minimum absolute atomic E-state index is 0. The number of rotatable bonds is 4. The highest BCUT2D eigenvalue weighted by molar-refractivity contribution is 5.85. The van der Waals surface area contributed by atoms with Crippen LogP contribution in [-0.2, 0) is 6.54 Å². The average molecular weight is 373 g/mol. The van der Waals surface area contributed by atoms with Crippen molar-refractivity contribution in [2.24, 2.45) is 0 Å². The van der Waals surface area contributed by atoms with Crippen LogP contribution in [0.1, 0.15) is 22.9 Å². The zero-order chi connectivity index (χ0) is 17.2. The Morgan fingerprint density at radius 1 is 1.23 bits per heavy atom. The first-order chi connectivity index (χ1) is 12.3. The number of para-hydroxylation sites is 1. The lowest BCUT2D eigenvalue weighted by atomic mass is 10.0. The van der Waals surface area contributed by atoms with Gasteiger partial charge in [0, 0.05) is 37.9 Å². The van der Waals surface area contributed by atoms with E-state index < -0.39 is 0 Å². The molecule has 0 bridgehead atoms. The third-order valence-electron chi connectivity index (χ3n) is 5.02. The van der Waals surface area contributed by atoms with Crippen LogP contribution in [0.2, 0.25) is 0 Å². The van der Waals surface area contributed by atoms with Crippen molar-refractivity contribution in [1.29, 1.82) is 0 Å². The summed E-state index contributed by atoms with van der Waals surface area (Å²) in [5.74, 6) is 0.954. The normalized spacial score (nSPS) is 17.8. The summed E-state index contributed by atoms with van der Waals surface area (Å²) in [5, 5.41) is 3.52. The number of fused-ring (bicyclic) bond motifs is 1. The lowest BCUT2D eigenvalue weighted by Gasteiger charge is -2.36. The summed E-state index contributed by atoms with van der Waals surface area (Å²) in [6.07, 6.45) is 4.11. The van der Waals surface area contributed by atoms with E-state index in [-0.39, 0.29) is 12.4 Å². The number of imidazole rings is 1. The van der Waals surface area contributed by atoms with Crippen LogP contribution in [-0.4, -0.2) is 41.0 Å². The molecule has 0 saturated carbocycles. The van der Waals surface area contributed by atoms with Crippen molar-refractivity contribution in [2.45, 2.75) is 19.5 Å². The van der Waals surface area contributed by atoms with Gasteiger partial charge < -0.3 is 14.5 Å². The quantitative estimate of drug-likeness (QED) is 0.763. The van der Waals surface area contributed by atoms with Gasteiger partial charge in [-0.15, -0.1) is 12.4 Å². The number of aryl methyl sites for hydroxylation is 1. The molecule has 1 saturated heterocycles. The van der Waals surface area contributed by atoms with Gasteiger partial charge in [-0.2, -0.15) is 0 Å². The fraction of sp³-hybridized carbons (Fsp3) is 0.350. The highest BCUT2D eigenvalue weighted by Crippen LogP contribution is 2.31. The molecule has 0 radical (unpaired) electrons. The fourth-order valence-electron chi connectivity index (χ4n) is 3.71. The molecule has 1 atom stereocenters. The van der Waals surface area contributed by atoms with Crippen molar-refractivity contribution in [2.75, 3.05) is 26.7 Å². The molecular formula is C20H25ClN4O. The number of halogens is 1. The minimum Gasteiger partial charge on any atom is -0.496 e. The van der Waals surface area contributed by atoms with Crippen LogP contribution in [0.3, 0.4) is 0 Å².